The van der Waals surface area contributed by atoms with Crippen molar-refractivity contribution in [3.05, 3.63) is 34.4 Å². The summed E-state index contributed by atoms with van der Waals surface area (Å²) in [5, 5.41) is 10.5. The largest absolute Gasteiger partial charge is 0.327 e. The number of amides is 1. The van der Waals surface area contributed by atoms with E-state index in [1.165, 1.54) is 17.0 Å². The molecule has 1 aromatic rings. The van der Waals surface area contributed by atoms with Crippen molar-refractivity contribution in [2.24, 2.45) is 11.7 Å². The van der Waals surface area contributed by atoms with Crippen molar-refractivity contribution in [1.82, 2.24) is 0 Å². The van der Waals surface area contributed by atoms with Gasteiger partial charge in [0.05, 0.1) is 4.92 Å². The fourth-order valence-electron chi connectivity index (χ4n) is 1.52. The number of rotatable bonds is 5. The Hall–Kier alpha value is -1.95. The first-order valence-electron chi connectivity index (χ1n) is 6.09. The van der Waals surface area contributed by atoms with Gasteiger partial charge in [-0.2, -0.15) is 0 Å². The summed E-state index contributed by atoms with van der Waals surface area (Å²) in [5.41, 5.74) is 6.48. The number of benzene rings is 1. The van der Waals surface area contributed by atoms with Crippen LogP contribution in [-0.4, -0.2) is 23.9 Å². The van der Waals surface area contributed by atoms with Crippen molar-refractivity contribution in [2.45, 2.75) is 26.3 Å². The van der Waals surface area contributed by atoms with Crippen LogP contribution in [0.5, 0.6) is 0 Å². The van der Waals surface area contributed by atoms with Crippen LogP contribution in [0.2, 0.25) is 0 Å². The fraction of sp³-hybridized carbons (Fsp3) is 0.462. The number of nitrogens with zero attached hydrogens (tertiary/aromatic N) is 2. The van der Waals surface area contributed by atoms with Gasteiger partial charge >= 0.3 is 0 Å². The Bertz CT molecular complexity index is 457. The molecule has 1 aromatic carbocycles. The third-order valence-electron chi connectivity index (χ3n) is 3.09. The van der Waals surface area contributed by atoms with Crippen LogP contribution in [0.4, 0.5) is 11.4 Å². The third-order valence-corrected chi connectivity index (χ3v) is 3.09. The fourth-order valence-corrected chi connectivity index (χ4v) is 1.52. The Morgan fingerprint density at radius 2 is 1.89 bits per heavy atom. The van der Waals surface area contributed by atoms with E-state index in [0.29, 0.717) is 5.69 Å². The van der Waals surface area contributed by atoms with E-state index in [4.69, 9.17) is 5.73 Å². The molecule has 2 N–H and O–H groups in total. The zero-order valence-corrected chi connectivity index (χ0v) is 11.4. The topological polar surface area (TPSA) is 89.5 Å². The van der Waals surface area contributed by atoms with Gasteiger partial charge in [-0.3, -0.25) is 14.9 Å². The average molecular weight is 265 g/mol. The van der Waals surface area contributed by atoms with Crippen LogP contribution in [0.3, 0.4) is 0 Å². The highest BCUT2D eigenvalue weighted by Gasteiger charge is 2.17. The second-order valence-corrected chi connectivity index (χ2v) is 4.84. The lowest BCUT2D eigenvalue weighted by molar-refractivity contribution is -0.384. The van der Waals surface area contributed by atoms with Crippen LogP contribution >= 0.6 is 0 Å². The maximum absolute atomic E-state index is 12.0. The van der Waals surface area contributed by atoms with Gasteiger partial charge in [0.25, 0.3) is 5.69 Å². The number of hydrogen-bond acceptors (Lipinski definition) is 4. The minimum Gasteiger partial charge on any atom is -0.327 e. The predicted molar refractivity (Wildman–Crippen MR) is 73.9 cm³/mol. The summed E-state index contributed by atoms with van der Waals surface area (Å²) >= 11 is 0. The molecule has 0 bridgehead atoms. The Morgan fingerprint density at radius 3 is 2.32 bits per heavy atom. The molecule has 0 aliphatic heterocycles. The first-order valence-corrected chi connectivity index (χ1v) is 6.09. The van der Waals surface area contributed by atoms with Crippen LogP contribution in [0.1, 0.15) is 20.3 Å². The number of nitrogens with two attached hydrogens (primary N) is 1. The first-order chi connectivity index (χ1) is 8.82. The minimum absolute atomic E-state index is 0.00322. The van der Waals surface area contributed by atoms with Crippen LogP contribution in [-0.2, 0) is 4.79 Å². The van der Waals surface area contributed by atoms with Gasteiger partial charge in [-0.25, -0.2) is 0 Å². The van der Waals surface area contributed by atoms with Crippen LogP contribution < -0.4 is 10.6 Å². The molecule has 0 spiro atoms. The van der Waals surface area contributed by atoms with E-state index in [1.54, 1.807) is 19.2 Å². The number of nitro groups is 1. The molecule has 0 aromatic heterocycles. The lowest BCUT2D eigenvalue weighted by Crippen LogP contribution is -2.36. The SMILES string of the molecule is CC(C)C(N)CC(=O)N(C)c1ccc([N+](=O)[O-])cc1. The van der Waals surface area contributed by atoms with Crippen LogP contribution in [0.25, 0.3) is 0 Å². The molecule has 1 unspecified atom stereocenters. The number of non-ortho nitro benzene ring substituents is 1. The summed E-state index contributed by atoms with van der Waals surface area (Å²) in [6.07, 6.45) is 0.255. The zero-order chi connectivity index (χ0) is 14.6. The molecule has 1 amide bonds. The van der Waals surface area contributed by atoms with E-state index in [2.05, 4.69) is 0 Å². The van der Waals surface area contributed by atoms with Gasteiger partial charge in [0.1, 0.15) is 0 Å². The maximum atomic E-state index is 12.0. The van der Waals surface area contributed by atoms with Crippen molar-refractivity contribution in [2.75, 3.05) is 11.9 Å². The quantitative estimate of drug-likeness (QED) is 0.650. The molecular formula is C13H19N3O3. The Balaban J connectivity index is 2.74. The normalized spacial score (nSPS) is 12.3. The summed E-state index contributed by atoms with van der Waals surface area (Å²) in [7, 11) is 1.64. The smallest absolute Gasteiger partial charge is 0.269 e. The van der Waals surface area contributed by atoms with E-state index in [9.17, 15) is 14.9 Å². The second-order valence-electron chi connectivity index (χ2n) is 4.84. The minimum atomic E-state index is -0.472. The highest BCUT2D eigenvalue weighted by atomic mass is 16.6. The lowest BCUT2D eigenvalue weighted by atomic mass is 10.0. The highest BCUT2D eigenvalue weighted by Crippen LogP contribution is 2.19. The standard InChI is InChI=1S/C13H19N3O3/c1-9(2)12(14)8-13(17)15(3)10-4-6-11(7-5-10)16(18)19/h4-7,9,12H,8,14H2,1-3H3. The van der Waals surface area contributed by atoms with Crippen molar-refractivity contribution in [1.29, 1.82) is 0 Å². The monoisotopic (exact) mass is 265 g/mol. The molecule has 0 saturated heterocycles. The number of carbonyl (C=O) groups is 1. The van der Waals surface area contributed by atoms with Crippen molar-refractivity contribution >= 4 is 17.3 Å². The highest BCUT2D eigenvalue weighted by molar-refractivity contribution is 5.93. The molecule has 1 atom stereocenters. The molecule has 104 valence electrons. The molecule has 0 radical (unpaired) electrons. The molecule has 6 heteroatoms. The summed E-state index contributed by atoms with van der Waals surface area (Å²) in [6.45, 7) is 3.92. The van der Waals surface area contributed by atoms with E-state index in [0.717, 1.165) is 0 Å². The van der Waals surface area contributed by atoms with Gasteiger partial charge in [0.15, 0.2) is 0 Å². The zero-order valence-electron chi connectivity index (χ0n) is 11.4. The lowest BCUT2D eigenvalue weighted by Gasteiger charge is -2.21. The van der Waals surface area contributed by atoms with Gasteiger partial charge in [-0.05, 0) is 18.1 Å². The summed E-state index contributed by atoms with van der Waals surface area (Å²) < 4.78 is 0. The first kappa shape index (κ1) is 15.1. The van der Waals surface area contributed by atoms with E-state index < -0.39 is 4.92 Å². The molecule has 19 heavy (non-hydrogen) atoms. The predicted octanol–water partition coefficient (Wildman–Crippen LogP) is 1.93. The number of nitro benzene ring substituents is 1. The number of anilines is 1. The van der Waals surface area contributed by atoms with Gasteiger partial charge in [0.2, 0.25) is 5.91 Å². The Labute approximate surface area is 112 Å². The molecule has 0 saturated carbocycles. The number of carbonyl (C=O) groups excluding carboxylic acids is 1. The van der Waals surface area contributed by atoms with Gasteiger partial charge in [0, 0.05) is 37.3 Å². The Kier molecular flexibility index (Phi) is 5.00. The molecule has 1 rings (SSSR count). The van der Waals surface area contributed by atoms with E-state index in [1.807, 2.05) is 13.8 Å². The second kappa shape index (κ2) is 6.29. The number of hydrogen-bond donors (Lipinski definition) is 1. The molecule has 0 fully saturated rings. The molecule has 0 aliphatic carbocycles. The molecular weight excluding hydrogens is 246 g/mol. The van der Waals surface area contributed by atoms with Crippen LogP contribution in [0.15, 0.2) is 24.3 Å². The van der Waals surface area contributed by atoms with E-state index >= 15 is 0 Å². The van der Waals surface area contributed by atoms with Crippen molar-refractivity contribution in [3.8, 4) is 0 Å². The third kappa shape index (κ3) is 4.03. The summed E-state index contributed by atoms with van der Waals surface area (Å²) in [6, 6.07) is 5.67. The van der Waals surface area contributed by atoms with Gasteiger partial charge in [-0.1, -0.05) is 13.8 Å². The van der Waals surface area contributed by atoms with E-state index in [-0.39, 0.29) is 30.0 Å². The van der Waals surface area contributed by atoms with Gasteiger partial charge in [-0.15, -0.1) is 0 Å². The summed E-state index contributed by atoms with van der Waals surface area (Å²) in [5.74, 6) is 0.129. The van der Waals surface area contributed by atoms with Crippen molar-refractivity contribution in [3.63, 3.8) is 0 Å². The molecule has 0 aliphatic rings. The summed E-state index contributed by atoms with van der Waals surface area (Å²) in [4.78, 5) is 23.5. The average Bonchev–Trinajstić information content (AvgIpc) is 2.37. The van der Waals surface area contributed by atoms with Crippen LogP contribution in [0, 0.1) is 16.0 Å². The Morgan fingerprint density at radius 1 is 1.37 bits per heavy atom. The molecule has 6 nitrogen and oxygen atoms in total. The maximum Gasteiger partial charge on any atom is 0.269 e. The van der Waals surface area contributed by atoms with Gasteiger partial charge < -0.3 is 10.6 Å². The molecule has 0 heterocycles. The van der Waals surface area contributed by atoms with Crippen molar-refractivity contribution < 1.29 is 9.72 Å².